The number of carbonyl (C=O) groups excluding carboxylic acids is 1. The minimum atomic E-state index is -0.0997. The van der Waals surface area contributed by atoms with Gasteiger partial charge >= 0.3 is 0 Å². The lowest BCUT2D eigenvalue weighted by molar-refractivity contribution is 0.0658. The summed E-state index contributed by atoms with van der Waals surface area (Å²) in [4.78, 5) is 19.4. The van der Waals surface area contributed by atoms with E-state index in [4.69, 9.17) is 5.73 Å². The molecule has 0 atom stereocenters. The van der Waals surface area contributed by atoms with Gasteiger partial charge in [0, 0.05) is 17.6 Å². The van der Waals surface area contributed by atoms with Crippen molar-refractivity contribution in [3.05, 3.63) is 4.88 Å². The molecule has 0 bridgehead atoms. The molecule has 1 aliphatic rings. The van der Waals surface area contributed by atoms with Crippen molar-refractivity contribution >= 4 is 28.2 Å². The number of anilines is 2. The molecule has 0 saturated carbocycles. The first-order valence-corrected chi connectivity index (χ1v) is 7.78. The van der Waals surface area contributed by atoms with Gasteiger partial charge in [-0.05, 0) is 47.5 Å². The fraction of sp³-hybridized carbons (Fsp3) is 0.714. The van der Waals surface area contributed by atoms with E-state index in [0.29, 0.717) is 15.8 Å². The van der Waals surface area contributed by atoms with Crippen molar-refractivity contribution in [2.45, 2.75) is 58.5 Å². The van der Waals surface area contributed by atoms with Crippen LogP contribution in [0.25, 0.3) is 0 Å². The van der Waals surface area contributed by atoms with Gasteiger partial charge in [0.15, 0.2) is 5.13 Å². The predicted molar refractivity (Wildman–Crippen MR) is 84.3 cm³/mol. The third kappa shape index (κ3) is 3.06. The fourth-order valence-corrected chi connectivity index (χ4v) is 3.51. The Labute approximate surface area is 124 Å². The average molecular weight is 296 g/mol. The van der Waals surface area contributed by atoms with Crippen LogP contribution in [0.3, 0.4) is 0 Å². The summed E-state index contributed by atoms with van der Waals surface area (Å²) >= 11 is 1.34. The van der Waals surface area contributed by atoms with Gasteiger partial charge in [-0.1, -0.05) is 11.3 Å². The third-order valence-corrected chi connectivity index (χ3v) is 4.45. The van der Waals surface area contributed by atoms with Crippen LogP contribution in [0.2, 0.25) is 0 Å². The number of likely N-dealkylation sites (tertiary alicyclic amines) is 1. The molecule has 112 valence electrons. The van der Waals surface area contributed by atoms with Gasteiger partial charge in [0.25, 0.3) is 5.91 Å². The Hall–Kier alpha value is -1.30. The number of hydrogen-bond acceptors (Lipinski definition) is 5. The molecule has 1 saturated heterocycles. The lowest BCUT2D eigenvalue weighted by Gasteiger charge is -2.31. The van der Waals surface area contributed by atoms with Crippen LogP contribution < -0.4 is 11.1 Å². The number of nitrogen functional groups attached to an aromatic ring is 1. The fourth-order valence-electron chi connectivity index (χ4n) is 2.47. The molecule has 6 heteroatoms. The average Bonchev–Trinajstić information content (AvgIpc) is 2.78. The van der Waals surface area contributed by atoms with Crippen molar-refractivity contribution in [3.8, 4) is 0 Å². The molecule has 0 aromatic carbocycles. The maximum atomic E-state index is 12.7. The maximum absolute atomic E-state index is 12.7. The van der Waals surface area contributed by atoms with Crippen molar-refractivity contribution in [2.24, 2.45) is 0 Å². The molecule has 2 rings (SSSR count). The summed E-state index contributed by atoms with van der Waals surface area (Å²) in [5, 5.41) is 3.97. The van der Waals surface area contributed by atoms with E-state index in [1.807, 2.05) is 4.90 Å². The number of thiazole rings is 1. The highest BCUT2D eigenvalue weighted by atomic mass is 32.1. The summed E-state index contributed by atoms with van der Waals surface area (Å²) in [5.74, 6) is 0.332. The summed E-state index contributed by atoms with van der Waals surface area (Å²) in [6.07, 6.45) is 2.08. The zero-order valence-corrected chi connectivity index (χ0v) is 13.7. The first-order valence-electron chi connectivity index (χ1n) is 6.97. The van der Waals surface area contributed by atoms with E-state index >= 15 is 0 Å². The van der Waals surface area contributed by atoms with Crippen molar-refractivity contribution in [1.82, 2.24) is 9.88 Å². The zero-order valence-electron chi connectivity index (χ0n) is 12.9. The molecule has 20 heavy (non-hydrogen) atoms. The number of carbonyl (C=O) groups is 1. The lowest BCUT2D eigenvalue weighted by atomic mass is 10.0. The summed E-state index contributed by atoms with van der Waals surface area (Å²) in [6, 6.07) is 0. The molecule has 0 aliphatic carbocycles. The van der Waals surface area contributed by atoms with Crippen LogP contribution in [0, 0.1) is 0 Å². The minimum Gasteiger partial charge on any atom is -0.382 e. The molecule has 0 spiro atoms. The first kappa shape index (κ1) is 15.1. The highest BCUT2D eigenvalue weighted by molar-refractivity contribution is 7.18. The topological polar surface area (TPSA) is 71.2 Å². The number of nitrogens with one attached hydrogen (secondary N) is 1. The van der Waals surface area contributed by atoms with Crippen LogP contribution >= 0.6 is 11.3 Å². The summed E-state index contributed by atoms with van der Waals surface area (Å²) in [5.41, 5.74) is 5.74. The summed E-state index contributed by atoms with van der Waals surface area (Å²) in [6.45, 7) is 11.2. The van der Waals surface area contributed by atoms with Crippen molar-refractivity contribution < 1.29 is 4.79 Å². The van der Waals surface area contributed by atoms with E-state index in [1.54, 1.807) is 0 Å². The summed E-state index contributed by atoms with van der Waals surface area (Å²) < 4.78 is 0. The van der Waals surface area contributed by atoms with Gasteiger partial charge in [-0.15, -0.1) is 0 Å². The largest absolute Gasteiger partial charge is 0.382 e. The SMILES string of the molecule is CC(C)(C)Nc1nc(N)c(C(=O)N2CCCC2(C)C)s1. The Morgan fingerprint density at radius 2 is 2.10 bits per heavy atom. The number of aromatic nitrogens is 1. The van der Waals surface area contributed by atoms with Gasteiger partial charge in [0.05, 0.1) is 0 Å². The Bertz CT molecular complexity index is 516. The molecular weight excluding hydrogens is 272 g/mol. The number of nitrogens with zero attached hydrogens (tertiary/aromatic N) is 2. The molecular formula is C14H24N4OS. The van der Waals surface area contributed by atoms with Gasteiger partial charge in [-0.3, -0.25) is 4.79 Å². The smallest absolute Gasteiger partial charge is 0.268 e. The van der Waals surface area contributed by atoms with E-state index in [1.165, 1.54) is 11.3 Å². The molecule has 3 N–H and O–H groups in total. The van der Waals surface area contributed by atoms with Crippen molar-refractivity contribution in [3.63, 3.8) is 0 Å². The van der Waals surface area contributed by atoms with Crippen molar-refractivity contribution in [1.29, 1.82) is 0 Å². The van der Waals surface area contributed by atoms with Crippen LogP contribution in [0.15, 0.2) is 0 Å². The Kier molecular flexibility index (Phi) is 3.71. The second-order valence-corrected chi connectivity index (χ2v) is 7.98. The Morgan fingerprint density at radius 3 is 2.60 bits per heavy atom. The van der Waals surface area contributed by atoms with Crippen molar-refractivity contribution in [2.75, 3.05) is 17.6 Å². The minimum absolute atomic E-state index is 0.00413. The molecule has 0 unspecified atom stereocenters. The third-order valence-electron chi connectivity index (χ3n) is 3.48. The Balaban J connectivity index is 2.23. The molecule has 1 aromatic rings. The van der Waals surface area contributed by atoms with Crippen LogP contribution in [0.4, 0.5) is 10.9 Å². The Morgan fingerprint density at radius 1 is 1.45 bits per heavy atom. The molecule has 1 amide bonds. The molecule has 1 fully saturated rings. The second kappa shape index (κ2) is 4.91. The van der Waals surface area contributed by atoms with Crippen LogP contribution in [-0.4, -0.2) is 33.4 Å². The van der Waals surface area contributed by atoms with Crippen LogP contribution in [-0.2, 0) is 0 Å². The van der Waals surface area contributed by atoms with E-state index in [9.17, 15) is 4.79 Å². The van der Waals surface area contributed by atoms with Crippen LogP contribution in [0.1, 0.15) is 57.1 Å². The second-order valence-electron chi connectivity index (χ2n) is 6.98. The molecule has 0 radical (unpaired) electrons. The van der Waals surface area contributed by atoms with E-state index in [0.717, 1.165) is 19.4 Å². The molecule has 2 heterocycles. The van der Waals surface area contributed by atoms with E-state index in [2.05, 4.69) is 44.9 Å². The van der Waals surface area contributed by atoms with E-state index < -0.39 is 0 Å². The van der Waals surface area contributed by atoms with Gasteiger partial charge in [0.1, 0.15) is 10.7 Å². The normalized spacial score (nSPS) is 18.4. The van der Waals surface area contributed by atoms with Gasteiger partial charge in [0.2, 0.25) is 0 Å². The number of hydrogen-bond donors (Lipinski definition) is 2. The zero-order chi connectivity index (χ0) is 15.1. The summed E-state index contributed by atoms with van der Waals surface area (Å²) in [7, 11) is 0. The van der Waals surface area contributed by atoms with E-state index in [-0.39, 0.29) is 17.0 Å². The molecule has 1 aromatic heterocycles. The number of rotatable bonds is 2. The lowest BCUT2D eigenvalue weighted by Crippen LogP contribution is -2.42. The van der Waals surface area contributed by atoms with Gasteiger partial charge < -0.3 is 16.0 Å². The predicted octanol–water partition coefficient (Wildman–Crippen LogP) is 2.95. The quantitative estimate of drug-likeness (QED) is 0.880. The highest BCUT2D eigenvalue weighted by Gasteiger charge is 2.37. The molecule has 1 aliphatic heterocycles. The number of nitrogens with two attached hydrogens (primary N) is 1. The maximum Gasteiger partial charge on any atom is 0.268 e. The number of amides is 1. The van der Waals surface area contributed by atoms with Gasteiger partial charge in [-0.25, -0.2) is 4.98 Å². The first-order chi connectivity index (χ1) is 9.10. The molecule has 5 nitrogen and oxygen atoms in total. The monoisotopic (exact) mass is 296 g/mol. The van der Waals surface area contributed by atoms with Crippen LogP contribution in [0.5, 0.6) is 0 Å². The standard InChI is InChI=1S/C14H24N4OS/c1-13(2,3)17-12-16-10(15)9(20-12)11(19)18-8-6-7-14(18,4)5/h6-8,15H2,1-5H3,(H,16,17). The highest BCUT2D eigenvalue weighted by Crippen LogP contribution is 2.34. The van der Waals surface area contributed by atoms with Gasteiger partial charge in [-0.2, -0.15) is 0 Å².